The number of amides is 3. The summed E-state index contributed by atoms with van der Waals surface area (Å²) in [5.74, 6) is -1.46. The molecule has 3 rings (SSSR count). The molecule has 0 aliphatic carbocycles. The molecular formula is C23H25N5O4. The molecule has 1 aromatic heterocycles. The summed E-state index contributed by atoms with van der Waals surface area (Å²) in [4.78, 5) is 49.5. The van der Waals surface area contributed by atoms with Crippen LogP contribution in [0.15, 0.2) is 53.3 Å². The van der Waals surface area contributed by atoms with Crippen molar-refractivity contribution in [3.63, 3.8) is 0 Å². The van der Waals surface area contributed by atoms with Gasteiger partial charge < -0.3 is 5.32 Å². The number of anilines is 1. The molecule has 0 radical (unpaired) electrons. The highest BCUT2D eigenvalue weighted by atomic mass is 16.2. The van der Waals surface area contributed by atoms with Crippen LogP contribution in [0, 0.1) is 5.92 Å². The van der Waals surface area contributed by atoms with Crippen molar-refractivity contribution in [3.05, 3.63) is 70.1 Å². The Morgan fingerprint density at radius 1 is 0.938 bits per heavy atom. The summed E-state index contributed by atoms with van der Waals surface area (Å²) in [6.45, 7) is 5.84. The molecule has 3 amide bonds. The van der Waals surface area contributed by atoms with Gasteiger partial charge in [0.25, 0.3) is 17.4 Å². The summed E-state index contributed by atoms with van der Waals surface area (Å²) in [5.41, 5.74) is 5.34. The number of hydrogen-bond acceptors (Lipinski definition) is 5. The molecule has 0 bridgehead atoms. The summed E-state index contributed by atoms with van der Waals surface area (Å²) >= 11 is 0. The first-order valence-corrected chi connectivity index (χ1v) is 10.3. The SMILES string of the molecule is CCCn1nc(C(=O)NNC(=O)c2ccc(NC(=O)C(C)C)cc2)c2ccccc2c1=O. The van der Waals surface area contributed by atoms with Crippen molar-refractivity contribution in [1.29, 1.82) is 0 Å². The molecule has 9 nitrogen and oxygen atoms in total. The fourth-order valence-electron chi connectivity index (χ4n) is 3.00. The Labute approximate surface area is 184 Å². The van der Waals surface area contributed by atoms with E-state index >= 15 is 0 Å². The summed E-state index contributed by atoms with van der Waals surface area (Å²) < 4.78 is 1.25. The van der Waals surface area contributed by atoms with Gasteiger partial charge in [-0.15, -0.1) is 0 Å². The molecular weight excluding hydrogens is 410 g/mol. The predicted molar refractivity (Wildman–Crippen MR) is 121 cm³/mol. The lowest BCUT2D eigenvalue weighted by Gasteiger charge is -2.12. The monoisotopic (exact) mass is 435 g/mol. The standard InChI is InChI=1S/C23H25N5O4/c1-4-13-28-23(32)18-8-6-5-7-17(18)19(27-28)22(31)26-25-21(30)15-9-11-16(12-10-15)24-20(29)14(2)3/h5-12,14H,4,13H2,1-3H3,(H,24,29)(H,25,30)(H,26,31). The minimum absolute atomic E-state index is 0.0423. The summed E-state index contributed by atoms with van der Waals surface area (Å²) in [6, 6.07) is 13.0. The summed E-state index contributed by atoms with van der Waals surface area (Å²) in [7, 11) is 0. The van der Waals surface area contributed by atoms with Gasteiger partial charge in [-0.25, -0.2) is 4.68 Å². The number of nitrogens with zero attached hydrogens (tertiary/aromatic N) is 2. The number of aromatic nitrogens is 2. The zero-order valence-corrected chi connectivity index (χ0v) is 18.1. The van der Waals surface area contributed by atoms with E-state index in [1.807, 2.05) is 6.92 Å². The number of carbonyl (C=O) groups excluding carboxylic acids is 3. The molecule has 9 heteroatoms. The van der Waals surface area contributed by atoms with Gasteiger partial charge >= 0.3 is 0 Å². The Hall–Kier alpha value is -4.01. The topological polar surface area (TPSA) is 122 Å². The fourth-order valence-corrected chi connectivity index (χ4v) is 3.00. The molecule has 3 aromatic rings. The second-order valence-corrected chi connectivity index (χ2v) is 7.55. The van der Waals surface area contributed by atoms with E-state index in [-0.39, 0.29) is 23.1 Å². The maximum atomic E-state index is 12.8. The second-order valence-electron chi connectivity index (χ2n) is 7.55. The molecule has 0 unspecified atom stereocenters. The maximum absolute atomic E-state index is 12.8. The Balaban J connectivity index is 1.74. The van der Waals surface area contributed by atoms with Gasteiger partial charge in [0.05, 0.1) is 5.39 Å². The highest BCUT2D eigenvalue weighted by Crippen LogP contribution is 2.14. The molecule has 0 spiro atoms. The Morgan fingerprint density at radius 2 is 1.56 bits per heavy atom. The van der Waals surface area contributed by atoms with Crippen molar-refractivity contribution in [2.24, 2.45) is 5.92 Å². The zero-order chi connectivity index (χ0) is 23.3. The van der Waals surface area contributed by atoms with Crippen LogP contribution in [0.4, 0.5) is 5.69 Å². The molecule has 0 atom stereocenters. The summed E-state index contributed by atoms with van der Waals surface area (Å²) in [6.07, 6.45) is 0.677. The van der Waals surface area contributed by atoms with E-state index in [4.69, 9.17) is 0 Å². The fraction of sp³-hybridized carbons (Fsp3) is 0.261. The van der Waals surface area contributed by atoms with Crippen molar-refractivity contribution in [2.75, 3.05) is 5.32 Å². The first-order valence-electron chi connectivity index (χ1n) is 10.3. The Bertz CT molecular complexity index is 1220. The normalized spacial score (nSPS) is 10.8. The number of hydrogen-bond donors (Lipinski definition) is 3. The third kappa shape index (κ3) is 5.00. The highest BCUT2D eigenvalue weighted by molar-refractivity contribution is 6.06. The van der Waals surface area contributed by atoms with E-state index < -0.39 is 11.8 Å². The highest BCUT2D eigenvalue weighted by Gasteiger charge is 2.17. The first kappa shape index (κ1) is 22.7. The quantitative estimate of drug-likeness (QED) is 0.514. The van der Waals surface area contributed by atoms with Gasteiger partial charge in [-0.05, 0) is 36.8 Å². The molecule has 32 heavy (non-hydrogen) atoms. The van der Waals surface area contributed by atoms with Gasteiger partial charge in [-0.1, -0.05) is 39.0 Å². The summed E-state index contributed by atoms with van der Waals surface area (Å²) in [5, 5.41) is 7.72. The van der Waals surface area contributed by atoms with E-state index in [2.05, 4.69) is 21.3 Å². The van der Waals surface area contributed by atoms with Crippen molar-refractivity contribution in [2.45, 2.75) is 33.7 Å². The zero-order valence-electron chi connectivity index (χ0n) is 18.1. The lowest BCUT2D eigenvalue weighted by molar-refractivity contribution is -0.118. The molecule has 0 aliphatic heterocycles. The van der Waals surface area contributed by atoms with Crippen LogP contribution in [0.3, 0.4) is 0 Å². The van der Waals surface area contributed by atoms with E-state index in [0.29, 0.717) is 35.0 Å². The van der Waals surface area contributed by atoms with E-state index in [1.165, 1.54) is 16.8 Å². The number of aryl methyl sites for hydroxylation is 1. The van der Waals surface area contributed by atoms with Crippen LogP contribution in [0.5, 0.6) is 0 Å². The molecule has 0 fully saturated rings. The van der Waals surface area contributed by atoms with Gasteiger partial charge in [0.1, 0.15) is 0 Å². The number of rotatable bonds is 6. The van der Waals surface area contributed by atoms with E-state index in [0.717, 1.165) is 0 Å². The average molecular weight is 435 g/mol. The molecule has 0 saturated heterocycles. The number of carbonyl (C=O) groups is 3. The lowest BCUT2D eigenvalue weighted by atomic mass is 10.1. The van der Waals surface area contributed by atoms with Crippen LogP contribution < -0.4 is 21.7 Å². The van der Waals surface area contributed by atoms with E-state index in [9.17, 15) is 19.2 Å². The lowest BCUT2D eigenvalue weighted by Crippen LogP contribution is -2.42. The molecule has 0 saturated carbocycles. The second kappa shape index (κ2) is 9.86. The van der Waals surface area contributed by atoms with Crippen molar-refractivity contribution in [1.82, 2.24) is 20.6 Å². The number of fused-ring (bicyclic) bond motifs is 1. The van der Waals surface area contributed by atoms with E-state index in [1.54, 1.807) is 50.2 Å². The van der Waals surface area contributed by atoms with Crippen LogP contribution in [0.2, 0.25) is 0 Å². The van der Waals surface area contributed by atoms with Crippen LogP contribution in [0.1, 0.15) is 48.0 Å². The van der Waals surface area contributed by atoms with Gasteiger partial charge in [0, 0.05) is 29.1 Å². The minimum atomic E-state index is -0.639. The largest absolute Gasteiger partial charge is 0.326 e. The van der Waals surface area contributed by atoms with Crippen molar-refractivity contribution < 1.29 is 14.4 Å². The minimum Gasteiger partial charge on any atom is -0.326 e. The van der Waals surface area contributed by atoms with Gasteiger partial charge in [-0.2, -0.15) is 5.10 Å². The molecule has 166 valence electrons. The average Bonchev–Trinajstić information content (AvgIpc) is 2.79. The first-order chi connectivity index (χ1) is 15.3. The Kier molecular flexibility index (Phi) is 6.99. The molecule has 0 aliphatic rings. The van der Waals surface area contributed by atoms with Crippen LogP contribution >= 0.6 is 0 Å². The Morgan fingerprint density at radius 3 is 2.19 bits per heavy atom. The molecule has 2 aromatic carbocycles. The third-order valence-corrected chi connectivity index (χ3v) is 4.75. The van der Waals surface area contributed by atoms with Crippen molar-refractivity contribution >= 4 is 34.2 Å². The maximum Gasteiger partial charge on any atom is 0.290 e. The number of benzene rings is 2. The number of nitrogens with one attached hydrogen (secondary N) is 3. The third-order valence-electron chi connectivity index (χ3n) is 4.75. The van der Waals surface area contributed by atoms with Gasteiger partial charge in [-0.3, -0.25) is 30.0 Å². The van der Waals surface area contributed by atoms with Gasteiger partial charge in [0.2, 0.25) is 5.91 Å². The van der Waals surface area contributed by atoms with Crippen molar-refractivity contribution in [3.8, 4) is 0 Å². The molecule has 3 N–H and O–H groups in total. The smallest absolute Gasteiger partial charge is 0.290 e. The van der Waals surface area contributed by atoms with Crippen LogP contribution in [-0.4, -0.2) is 27.5 Å². The number of hydrazine groups is 1. The molecule has 1 heterocycles. The van der Waals surface area contributed by atoms with Crippen LogP contribution in [0.25, 0.3) is 10.8 Å². The van der Waals surface area contributed by atoms with Gasteiger partial charge in [0.15, 0.2) is 5.69 Å². The van der Waals surface area contributed by atoms with Crippen LogP contribution in [-0.2, 0) is 11.3 Å². The predicted octanol–water partition coefficient (Wildman–Crippen LogP) is 2.48.